The van der Waals surface area contributed by atoms with Crippen molar-refractivity contribution in [2.45, 2.75) is 97.8 Å². The molecule has 0 bridgehead atoms. The molecule has 0 radical (unpaired) electrons. The van der Waals surface area contributed by atoms with E-state index in [1.165, 1.54) is 51.4 Å². The van der Waals surface area contributed by atoms with Crippen LogP contribution in [0.3, 0.4) is 0 Å². The molecule has 0 saturated carbocycles. The average Bonchev–Trinajstić information content (AvgIpc) is 2.38. The van der Waals surface area contributed by atoms with Crippen LogP contribution in [0.15, 0.2) is 0 Å². The van der Waals surface area contributed by atoms with Crippen molar-refractivity contribution in [3.8, 4) is 0 Å². The topological polar surface area (TPSA) is 37.3 Å². The molecule has 0 fully saturated rings. The van der Waals surface area contributed by atoms with Crippen LogP contribution in [0.4, 0.5) is 0 Å². The maximum atomic E-state index is 11.5. The molecule has 114 valence electrons. The quantitative estimate of drug-likeness (QED) is 0.429. The zero-order chi connectivity index (χ0) is 14.6. The van der Waals surface area contributed by atoms with Gasteiger partial charge < -0.3 is 5.11 Å². The van der Waals surface area contributed by atoms with Crippen molar-refractivity contribution in [2.75, 3.05) is 0 Å². The van der Waals surface area contributed by atoms with E-state index in [0.717, 1.165) is 25.7 Å². The molecular weight excluding hydrogens is 236 g/mol. The summed E-state index contributed by atoms with van der Waals surface area (Å²) in [5.74, 6) is -0.599. The van der Waals surface area contributed by atoms with E-state index >= 15 is 0 Å². The van der Waals surface area contributed by atoms with Gasteiger partial charge in [0.1, 0.15) is 0 Å². The molecule has 2 heteroatoms. The van der Waals surface area contributed by atoms with Gasteiger partial charge >= 0.3 is 5.97 Å². The summed E-state index contributed by atoms with van der Waals surface area (Å²) in [6.07, 6.45) is 13.8. The Hall–Kier alpha value is -0.530. The van der Waals surface area contributed by atoms with Gasteiger partial charge in [0.15, 0.2) is 0 Å². The molecule has 0 rings (SSSR count). The van der Waals surface area contributed by atoms with Gasteiger partial charge in [-0.15, -0.1) is 0 Å². The van der Waals surface area contributed by atoms with Gasteiger partial charge in [0, 0.05) is 0 Å². The Bertz CT molecular complexity index is 209. The Morgan fingerprint density at radius 1 is 0.789 bits per heavy atom. The van der Waals surface area contributed by atoms with Crippen molar-refractivity contribution in [2.24, 2.45) is 5.41 Å². The molecule has 0 aliphatic heterocycles. The summed E-state index contributed by atoms with van der Waals surface area (Å²) in [5.41, 5.74) is -0.488. The number of carboxylic acid groups (broad SMARTS) is 1. The van der Waals surface area contributed by atoms with Gasteiger partial charge in [-0.25, -0.2) is 0 Å². The normalized spacial score (nSPS) is 11.7. The van der Waals surface area contributed by atoms with Crippen LogP contribution < -0.4 is 0 Å². The molecule has 0 atom stereocenters. The fraction of sp³-hybridized carbons (Fsp3) is 0.941. The molecule has 1 N–H and O–H groups in total. The third-order valence-corrected chi connectivity index (χ3v) is 4.18. The molecule has 2 nitrogen and oxygen atoms in total. The summed E-state index contributed by atoms with van der Waals surface area (Å²) in [7, 11) is 0. The summed E-state index contributed by atoms with van der Waals surface area (Å²) in [5, 5.41) is 9.44. The molecule has 0 saturated heterocycles. The number of hydrogen-bond donors (Lipinski definition) is 1. The lowest BCUT2D eigenvalue weighted by Gasteiger charge is -2.24. The van der Waals surface area contributed by atoms with Crippen molar-refractivity contribution < 1.29 is 9.90 Å². The lowest BCUT2D eigenvalue weighted by molar-refractivity contribution is -0.149. The third-order valence-electron chi connectivity index (χ3n) is 4.18. The minimum Gasteiger partial charge on any atom is -0.481 e. The van der Waals surface area contributed by atoms with Crippen LogP contribution in [-0.4, -0.2) is 11.1 Å². The molecule has 0 aromatic heterocycles. The van der Waals surface area contributed by atoms with E-state index < -0.39 is 11.4 Å². The van der Waals surface area contributed by atoms with Crippen molar-refractivity contribution >= 4 is 5.97 Å². The fourth-order valence-electron chi connectivity index (χ4n) is 2.58. The highest BCUT2D eigenvalue weighted by molar-refractivity contribution is 5.74. The Morgan fingerprint density at radius 3 is 1.47 bits per heavy atom. The molecule has 0 amide bonds. The lowest BCUT2D eigenvalue weighted by Crippen LogP contribution is -2.27. The van der Waals surface area contributed by atoms with Gasteiger partial charge in [-0.05, 0) is 19.8 Å². The van der Waals surface area contributed by atoms with Crippen LogP contribution in [-0.2, 0) is 4.79 Å². The summed E-state index contributed by atoms with van der Waals surface area (Å²) < 4.78 is 0. The first-order chi connectivity index (χ1) is 9.06. The highest BCUT2D eigenvalue weighted by Gasteiger charge is 2.31. The van der Waals surface area contributed by atoms with Gasteiger partial charge in [0.05, 0.1) is 5.41 Å². The number of unbranched alkanes of at least 4 members (excludes halogenated alkanes) is 8. The first-order valence-electron chi connectivity index (χ1n) is 8.30. The number of hydrogen-bond acceptors (Lipinski definition) is 1. The van der Waals surface area contributed by atoms with Crippen LogP contribution in [0.25, 0.3) is 0 Å². The number of aliphatic carboxylic acids is 1. The number of carbonyl (C=O) groups is 1. The van der Waals surface area contributed by atoms with Gasteiger partial charge in [-0.1, -0.05) is 78.1 Å². The maximum absolute atomic E-state index is 11.5. The highest BCUT2D eigenvalue weighted by atomic mass is 16.4. The molecule has 0 spiro atoms. The van der Waals surface area contributed by atoms with E-state index in [1.807, 2.05) is 6.92 Å². The maximum Gasteiger partial charge on any atom is 0.309 e. The van der Waals surface area contributed by atoms with Crippen LogP contribution in [0.1, 0.15) is 97.8 Å². The zero-order valence-electron chi connectivity index (χ0n) is 13.3. The van der Waals surface area contributed by atoms with Gasteiger partial charge in [0.2, 0.25) is 0 Å². The molecule has 0 aliphatic rings. The minimum absolute atomic E-state index is 0.488. The van der Waals surface area contributed by atoms with E-state index in [1.54, 1.807) is 0 Å². The summed E-state index contributed by atoms with van der Waals surface area (Å²) in [6.45, 7) is 6.35. The van der Waals surface area contributed by atoms with Gasteiger partial charge in [-0.2, -0.15) is 0 Å². The molecule has 0 aliphatic carbocycles. The second kappa shape index (κ2) is 11.3. The predicted octanol–water partition coefficient (Wildman–Crippen LogP) is 5.80. The highest BCUT2D eigenvalue weighted by Crippen LogP contribution is 2.31. The second-order valence-electron chi connectivity index (χ2n) is 6.19. The van der Waals surface area contributed by atoms with Crippen LogP contribution in [0.2, 0.25) is 0 Å². The van der Waals surface area contributed by atoms with Crippen LogP contribution in [0.5, 0.6) is 0 Å². The average molecular weight is 270 g/mol. The Balaban J connectivity index is 3.88. The Labute approximate surface area is 120 Å². The van der Waals surface area contributed by atoms with Gasteiger partial charge in [0.25, 0.3) is 0 Å². The monoisotopic (exact) mass is 270 g/mol. The Kier molecular flexibility index (Phi) is 11.0. The second-order valence-corrected chi connectivity index (χ2v) is 6.19. The lowest BCUT2D eigenvalue weighted by atomic mass is 9.80. The first-order valence-corrected chi connectivity index (χ1v) is 8.30. The molecular formula is C17H34O2. The van der Waals surface area contributed by atoms with E-state index in [0.29, 0.717) is 0 Å². The van der Waals surface area contributed by atoms with Crippen molar-refractivity contribution in [1.29, 1.82) is 0 Å². The van der Waals surface area contributed by atoms with Crippen LogP contribution in [0, 0.1) is 5.41 Å². The van der Waals surface area contributed by atoms with Crippen LogP contribution >= 0.6 is 0 Å². The first kappa shape index (κ1) is 18.5. The molecule has 0 aromatic rings. The van der Waals surface area contributed by atoms with Crippen molar-refractivity contribution in [3.05, 3.63) is 0 Å². The largest absolute Gasteiger partial charge is 0.481 e. The minimum atomic E-state index is -0.599. The van der Waals surface area contributed by atoms with Gasteiger partial charge in [-0.3, -0.25) is 4.79 Å². The van der Waals surface area contributed by atoms with E-state index in [2.05, 4.69) is 13.8 Å². The third kappa shape index (κ3) is 9.07. The standard InChI is InChI=1S/C17H34O2/c1-4-6-8-10-12-14-17(3,16(18)19)15-13-11-9-7-5-2/h4-15H2,1-3H3,(H,18,19). The Morgan fingerprint density at radius 2 is 1.16 bits per heavy atom. The molecule has 0 unspecified atom stereocenters. The zero-order valence-corrected chi connectivity index (χ0v) is 13.3. The smallest absolute Gasteiger partial charge is 0.309 e. The molecule has 19 heavy (non-hydrogen) atoms. The van der Waals surface area contributed by atoms with E-state index in [4.69, 9.17) is 0 Å². The SMILES string of the molecule is CCCCCCCC(C)(CCCCCCC)C(=O)O. The number of carboxylic acids is 1. The molecule has 0 aromatic carbocycles. The fourth-order valence-corrected chi connectivity index (χ4v) is 2.58. The summed E-state index contributed by atoms with van der Waals surface area (Å²) >= 11 is 0. The van der Waals surface area contributed by atoms with Crippen molar-refractivity contribution in [3.63, 3.8) is 0 Å². The summed E-state index contributed by atoms with van der Waals surface area (Å²) in [6, 6.07) is 0. The number of rotatable bonds is 13. The van der Waals surface area contributed by atoms with E-state index in [-0.39, 0.29) is 0 Å². The van der Waals surface area contributed by atoms with E-state index in [9.17, 15) is 9.90 Å². The summed E-state index contributed by atoms with van der Waals surface area (Å²) in [4.78, 5) is 11.5. The van der Waals surface area contributed by atoms with Crippen molar-refractivity contribution in [1.82, 2.24) is 0 Å². The molecule has 0 heterocycles. The predicted molar refractivity (Wildman–Crippen MR) is 82.5 cm³/mol.